The summed E-state index contributed by atoms with van der Waals surface area (Å²) >= 11 is 0. The number of hydrogen-bond donors (Lipinski definition) is 0. The average Bonchev–Trinajstić information content (AvgIpc) is 2.88. The van der Waals surface area contributed by atoms with E-state index in [4.69, 9.17) is 0 Å². The fourth-order valence-electron chi connectivity index (χ4n) is 4.12. The Hall–Kier alpha value is -3.25. The van der Waals surface area contributed by atoms with Crippen LogP contribution in [0.3, 0.4) is 0 Å². The summed E-state index contributed by atoms with van der Waals surface area (Å²) in [6.07, 6.45) is 1.64. The van der Waals surface area contributed by atoms with Gasteiger partial charge in [0.2, 0.25) is 5.91 Å². The number of amides is 1. The average molecular weight is 436 g/mol. The molecule has 0 unspecified atom stereocenters. The molecular weight excluding hydrogens is 413 g/mol. The van der Waals surface area contributed by atoms with Crippen molar-refractivity contribution in [3.05, 3.63) is 108 Å². The maximum Gasteiger partial charge on any atom is 0.270 e. The lowest BCUT2D eigenvalue weighted by molar-refractivity contribution is -0.117. The van der Waals surface area contributed by atoms with Crippen molar-refractivity contribution in [2.24, 2.45) is 0 Å². The van der Waals surface area contributed by atoms with E-state index in [1.807, 2.05) is 37.3 Å². The van der Waals surface area contributed by atoms with Crippen LogP contribution in [-0.2, 0) is 14.8 Å². The molecular formula is C25H22FNO3S. The van der Waals surface area contributed by atoms with Crippen LogP contribution in [-0.4, -0.2) is 14.3 Å². The van der Waals surface area contributed by atoms with E-state index in [-0.39, 0.29) is 28.8 Å². The van der Waals surface area contributed by atoms with E-state index in [0.717, 1.165) is 21.5 Å². The molecule has 4 nitrogen and oxygen atoms in total. The molecule has 2 atom stereocenters. The van der Waals surface area contributed by atoms with Crippen LogP contribution in [0.15, 0.2) is 90.3 Å². The summed E-state index contributed by atoms with van der Waals surface area (Å²) in [5.41, 5.74) is 2.37. The molecule has 1 heterocycles. The Morgan fingerprint density at radius 1 is 1.03 bits per heavy atom. The molecule has 0 saturated heterocycles. The molecule has 0 spiro atoms. The highest BCUT2D eigenvalue weighted by Gasteiger charge is 2.40. The minimum atomic E-state index is -4.24. The van der Waals surface area contributed by atoms with Crippen molar-refractivity contribution in [1.29, 1.82) is 0 Å². The number of carbonyl (C=O) groups is 1. The Bertz CT molecular complexity index is 1240. The Morgan fingerprint density at radius 3 is 2.35 bits per heavy atom. The van der Waals surface area contributed by atoms with Gasteiger partial charge in [0.25, 0.3) is 10.0 Å². The van der Waals surface area contributed by atoms with Crippen molar-refractivity contribution >= 4 is 21.6 Å². The number of nitrogens with zero attached hydrogens (tertiary/aromatic N) is 1. The molecule has 4 rings (SSSR count). The van der Waals surface area contributed by atoms with E-state index in [2.05, 4.69) is 6.58 Å². The number of rotatable bonds is 4. The first-order valence-corrected chi connectivity index (χ1v) is 11.4. The molecule has 6 heteroatoms. The number of halogens is 1. The van der Waals surface area contributed by atoms with Crippen LogP contribution in [0.5, 0.6) is 0 Å². The number of fused-ring (bicyclic) bond motifs is 1. The van der Waals surface area contributed by atoms with Gasteiger partial charge in [-0.3, -0.25) is 4.79 Å². The first-order chi connectivity index (χ1) is 14.8. The second-order valence-electron chi connectivity index (χ2n) is 7.66. The standard InChI is InChI=1S/C25H22FNO3S/c1-3-21-22-14-11-19(26)15-24(22)27(31(29,30)20-12-9-17(2)10-13-20)25(28)16-23(21)18-7-5-4-6-8-18/h3-15,21,23H,1,16H2,2H3/t21-,23+/m0/s1. The Kier molecular flexibility index (Phi) is 5.50. The van der Waals surface area contributed by atoms with Crippen LogP contribution < -0.4 is 4.31 Å². The maximum absolute atomic E-state index is 14.3. The van der Waals surface area contributed by atoms with Gasteiger partial charge in [-0.2, -0.15) is 0 Å². The molecule has 0 saturated carbocycles. The number of anilines is 1. The molecule has 0 bridgehead atoms. The molecule has 0 fully saturated rings. The van der Waals surface area contributed by atoms with Crippen LogP contribution in [0.1, 0.15) is 34.9 Å². The SMILES string of the molecule is C=C[C@H]1c2ccc(F)cc2N(S(=O)(=O)c2ccc(C)cc2)C(=O)C[C@@H]1c1ccccc1. The first kappa shape index (κ1) is 21.0. The smallest absolute Gasteiger partial charge is 0.270 e. The van der Waals surface area contributed by atoms with Crippen molar-refractivity contribution in [3.8, 4) is 0 Å². The summed E-state index contributed by atoms with van der Waals surface area (Å²) in [5, 5.41) is 0. The van der Waals surface area contributed by atoms with Gasteiger partial charge in [-0.15, -0.1) is 6.58 Å². The second-order valence-corrected chi connectivity index (χ2v) is 9.45. The Balaban J connectivity index is 1.94. The van der Waals surface area contributed by atoms with Crippen LogP contribution in [0, 0.1) is 12.7 Å². The molecule has 3 aromatic rings. The number of aryl methyl sites for hydroxylation is 1. The number of sulfonamides is 1. The Morgan fingerprint density at radius 2 is 1.71 bits per heavy atom. The molecule has 0 aliphatic carbocycles. The molecule has 1 amide bonds. The van der Waals surface area contributed by atoms with E-state index in [1.54, 1.807) is 24.3 Å². The zero-order valence-electron chi connectivity index (χ0n) is 17.0. The van der Waals surface area contributed by atoms with Gasteiger partial charge in [-0.05, 0) is 42.3 Å². The van der Waals surface area contributed by atoms with Crippen LogP contribution in [0.4, 0.5) is 10.1 Å². The molecule has 3 aromatic carbocycles. The highest BCUT2D eigenvalue weighted by atomic mass is 32.2. The van der Waals surface area contributed by atoms with Crippen molar-refractivity contribution in [2.45, 2.75) is 30.1 Å². The quantitative estimate of drug-likeness (QED) is 0.522. The topological polar surface area (TPSA) is 54.5 Å². The van der Waals surface area contributed by atoms with Gasteiger partial charge < -0.3 is 0 Å². The molecule has 0 radical (unpaired) electrons. The number of carbonyl (C=O) groups excluding carboxylic acids is 1. The summed E-state index contributed by atoms with van der Waals surface area (Å²) in [5.74, 6) is -1.91. The molecule has 1 aliphatic heterocycles. The van der Waals surface area contributed by atoms with Crippen molar-refractivity contribution in [2.75, 3.05) is 4.31 Å². The van der Waals surface area contributed by atoms with E-state index >= 15 is 0 Å². The molecule has 0 N–H and O–H groups in total. The predicted octanol–water partition coefficient (Wildman–Crippen LogP) is 5.31. The van der Waals surface area contributed by atoms with E-state index < -0.39 is 21.7 Å². The first-order valence-electron chi connectivity index (χ1n) is 9.94. The normalized spacial score (nSPS) is 18.9. The van der Waals surface area contributed by atoms with Gasteiger partial charge >= 0.3 is 0 Å². The third-order valence-electron chi connectivity index (χ3n) is 5.67. The van der Waals surface area contributed by atoms with Crippen LogP contribution in [0.2, 0.25) is 0 Å². The fraction of sp³-hybridized carbons (Fsp3) is 0.160. The maximum atomic E-state index is 14.3. The summed E-state index contributed by atoms with van der Waals surface area (Å²) in [6.45, 7) is 5.77. The van der Waals surface area contributed by atoms with E-state index in [0.29, 0.717) is 5.56 Å². The lowest BCUT2D eigenvalue weighted by Gasteiger charge is -2.24. The predicted molar refractivity (Wildman–Crippen MR) is 119 cm³/mol. The van der Waals surface area contributed by atoms with Gasteiger partial charge in [-0.1, -0.05) is 60.2 Å². The van der Waals surface area contributed by atoms with Gasteiger partial charge in [0.15, 0.2) is 0 Å². The van der Waals surface area contributed by atoms with Crippen molar-refractivity contribution in [3.63, 3.8) is 0 Å². The van der Waals surface area contributed by atoms with Crippen LogP contribution in [0.25, 0.3) is 0 Å². The highest BCUT2D eigenvalue weighted by molar-refractivity contribution is 7.93. The molecule has 158 valence electrons. The van der Waals surface area contributed by atoms with Gasteiger partial charge in [0.05, 0.1) is 10.6 Å². The summed E-state index contributed by atoms with van der Waals surface area (Å²) < 4.78 is 42.1. The molecule has 0 aromatic heterocycles. The summed E-state index contributed by atoms with van der Waals surface area (Å²) in [4.78, 5) is 13.4. The third-order valence-corrected chi connectivity index (χ3v) is 7.41. The zero-order valence-corrected chi connectivity index (χ0v) is 17.8. The van der Waals surface area contributed by atoms with Crippen molar-refractivity contribution in [1.82, 2.24) is 0 Å². The zero-order chi connectivity index (χ0) is 22.2. The fourth-order valence-corrected chi connectivity index (χ4v) is 5.57. The Labute approximate surface area is 181 Å². The third kappa shape index (κ3) is 3.79. The lowest BCUT2D eigenvalue weighted by atomic mass is 9.80. The van der Waals surface area contributed by atoms with Gasteiger partial charge in [-0.25, -0.2) is 17.1 Å². The van der Waals surface area contributed by atoms with Gasteiger partial charge in [0, 0.05) is 18.3 Å². The van der Waals surface area contributed by atoms with Crippen molar-refractivity contribution < 1.29 is 17.6 Å². The minimum Gasteiger partial charge on any atom is -0.273 e. The molecule has 31 heavy (non-hydrogen) atoms. The van der Waals surface area contributed by atoms with Gasteiger partial charge in [0.1, 0.15) is 5.82 Å². The van der Waals surface area contributed by atoms with Crippen LogP contribution >= 0.6 is 0 Å². The number of hydrogen-bond acceptors (Lipinski definition) is 3. The van der Waals surface area contributed by atoms with E-state index in [9.17, 15) is 17.6 Å². The minimum absolute atomic E-state index is 0.0185. The monoisotopic (exact) mass is 435 g/mol. The second kappa shape index (κ2) is 8.12. The largest absolute Gasteiger partial charge is 0.273 e. The number of benzene rings is 3. The van der Waals surface area contributed by atoms with E-state index in [1.165, 1.54) is 18.2 Å². The summed E-state index contributed by atoms with van der Waals surface area (Å²) in [7, 11) is -4.24. The lowest BCUT2D eigenvalue weighted by Crippen LogP contribution is -2.37. The summed E-state index contributed by atoms with van der Waals surface area (Å²) in [6, 6.07) is 19.6. The highest BCUT2D eigenvalue weighted by Crippen LogP contribution is 2.45. The number of allylic oxidation sites excluding steroid dienone is 1. The molecule has 1 aliphatic rings.